The summed E-state index contributed by atoms with van der Waals surface area (Å²) in [5.74, 6) is -0.535. The first-order valence-electron chi connectivity index (χ1n) is 7.64. The fraction of sp³-hybridized carbons (Fsp3) is 0.111. The molecule has 8 heteroatoms. The molecule has 4 nitrogen and oxygen atoms in total. The predicted molar refractivity (Wildman–Crippen MR) is 92.7 cm³/mol. The number of anilines is 1. The van der Waals surface area contributed by atoms with Gasteiger partial charge in [-0.3, -0.25) is 9.29 Å². The van der Waals surface area contributed by atoms with Crippen LogP contribution in [0.5, 0.6) is 0 Å². The van der Waals surface area contributed by atoms with Crippen LogP contribution in [0.25, 0.3) is 5.69 Å². The van der Waals surface area contributed by atoms with Crippen LogP contribution < -0.4 is 4.72 Å². The molecule has 0 amide bonds. The Morgan fingerprint density at radius 3 is 2.19 bits per heavy atom. The lowest BCUT2D eigenvalue weighted by Gasteiger charge is -2.14. The van der Waals surface area contributed by atoms with Crippen LogP contribution in [-0.2, 0) is 10.0 Å². The maximum atomic E-state index is 13.3. The van der Waals surface area contributed by atoms with Crippen LogP contribution in [0.2, 0.25) is 0 Å². The highest BCUT2D eigenvalue weighted by atomic mass is 32.2. The van der Waals surface area contributed by atoms with Crippen molar-refractivity contribution in [1.29, 1.82) is 0 Å². The largest absolute Gasteiger partial charge is 0.300 e. The molecule has 3 aromatic rings. The van der Waals surface area contributed by atoms with Gasteiger partial charge in [-0.1, -0.05) is 18.2 Å². The van der Waals surface area contributed by atoms with Gasteiger partial charge in [-0.15, -0.1) is 0 Å². The van der Waals surface area contributed by atoms with Crippen molar-refractivity contribution in [3.05, 3.63) is 77.7 Å². The molecular formula is C18H15F3N2O2S. The van der Waals surface area contributed by atoms with E-state index >= 15 is 0 Å². The molecular weight excluding hydrogens is 365 g/mol. The Hall–Kier alpha value is -2.74. The number of aromatic nitrogens is 1. The fourth-order valence-corrected chi connectivity index (χ4v) is 3.70. The molecule has 0 spiro atoms. The number of hydrogen-bond donors (Lipinski definition) is 1. The van der Waals surface area contributed by atoms with Gasteiger partial charge in [0.15, 0.2) is 0 Å². The van der Waals surface area contributed by atoms with Gasteiger partial charge in [0.25, 0.3) is 16.4 Å². The van der Waals surface area contributed by atoms with Gasteiger partial charge in [-0.2, -0.15) is 0 Å². The Kier molecular flexibility index (Phi) is 4.78. The summed E-state index contributed by atoms with van der Waals surface area (Å²) in [4.78, 5) is 0.00288. The highest BCUT2D eigenvalue weighted by Crippen LogP contribution is 2.32. The SMILES string of the molecule is Cc1c(C(F)F)cc(NS(=O)(=O)c2ccccc2)n1-c1ccc(F)cc1. The van der Waals surface area contributed by atoms with Gasteiger partial charge in [-0.25, -0.2) is 21.6 Å². The molecule has 0 fully saturated rings. The van der Waals surface area contributed by atoms with Gasteiger partial charge < -0.3 is 0 Å². The lowest BCUT2D eigenvalue weighted by atomic mass is 10.2. The van der Waals surface area contributed by atoms with Gasteiger partial charge >= 0.3 is 0 Å². The summed E-state index contributed by atoms with van der Waals surface area (Å²) in [7, 11) is -3.97. The molecule has 136 valence electrons. The van der Waals surface area contributed by atoms with E-state index in [1.807, 2.05) is 0 Å². The Morgan fingerprint density at radius 1 is 1.00 bits per heavy atom. The highest BCUT2D eigenvalue weighted by molar-refractivity contribution is 7.92. The van der Waals surface area contributed by atoms with Crippen molar-refractivity contribution in [2.45, 2.75) is 18.2 Å². The summed E-state index contributed by atoms with van der Waals surface area (Å²) in [5, 5.41) is 0. The van der Waals surface area contributed by atoms with E-state index in [9.17, 15) is 21.6 Å². The van der Waals surface area contributed by atoms with Crippen LogP contribution in [0.4, 0.5) is 19.0 Å². The van der Waals surface area contributed by atoms with Crippen LogP contribution >= 0.6 is 0 Å². The van der Waals surface area contributed by atoms with Crippen LogP contribution in [0.1, 0.15) is 17.7 Å². The number of benzene rings is 2. The maximum Gasteiger partial charge on any atom is 0.265 e. The third-order valence-corrected chi connectivity index (χ3v) is 5.27. The molecule has 0 radical (unpaired) electrons. The molecule has 2 aromatic carbocycles. The zero-order chi connectivity index (χ0) is 18.9. The fourth-order valence-electron chi connectivity index (χ4n) is 2.64. The number of nitrogens with zero attached hydrogens (tertiary/aromatic N) is 1. The molecule has 3 rings (SSSR count). The van der Waals surface area contributed by atoms with E-state index < -0.39 is 22.3 Å². The standard InChI is InChI=1S/C18H15F3N2O2S/c1-12-16(18(20)21)11-17(23(12)14-9-7-13(19)8-10-14)22-26(24,25)15-5-3-2-4-6-15/h2-11,18,22H,1H3. The molecule has 0 aliphatic rings. The summed E-state index contributed by atoms with van der Waals surface area (Å²) in [6, 6.07) is 13.8. The third-order valence-electron chi connectivity index (χ3n) is 3.90. The summed E-state index contributed by atoms with van der Waals surface area (Å²) in [6.07, 6.45) is -2.78. The number of rotatable bonds is 5. The highest BCUT2D eigenvalue weighted by Gasteiger charge is 2.23. The van der Waals surface area contributed by atoms with Gasteiger partial charge in [0.1, 0.15) is 11.6 Å². The van der Waals surface area contributed by atoms with E-state index in [2.05, 4.69) is 4.72 Å². The summed E-state index contributed by atoms with van der Waals surface area (Å²) < 4.78 is 68.6. The molecule has 26 heavy (non-hydrogen) atoms. The van der Waals surface area contributed by atoms with Crippen LogP contribution in [0, 0.1) is 12.7 Å². The lowest BCUT2D eigenvalue weighted by Crippen LogP contribution is -2.15. The second-order valence-corrected chi connectivity index (χ2v) is 7.28. The molecule has 1 heterocycles. The number of halogens is 3. The molecule has 0 aliphatic carbocycles. The topological polar surface area (TPSA) is 51.1 Å². The van der Waals surface area contributed by atoms with E-state index in [1.165, 1.54) is 47.9 Å². The van der Waals surface area contributed by atoms with Crippen molar-refractivity contribution in [2.24, 2.45) is 0 Å². The number of sulfonamides is 1. The van der Waals surface area contributed by atoms with E-state index in [1.54, 1.807) is 18.2 Å². The average Bonchev–Trinajstić information content (AvgIpc) is 2.92. The van der Waals surface area contributed by atoms with Gasteiger partial charge in [-0.05, 0) is 49.4 Å². The average molecular weight is 380 g/mol. The van der Waals surface area contributed by atoms with Crippen LogP contribution in [-0.4, -0.2) is 13.0 Å². The molecule has 1 N–H and O–H groups in total. The minimum absolute atomic E-state index is 0.00288. The second-order valence-electron chi connectivity index (χ2n) is 5.60. The minimum atomic E-state index is -3.97. The van der Waals surface area contributed by atoms with Crippen molar-refractivity contribution in [3.8, 4) is 5.69 Å². The summed E-state index contributed by atoms with van der Waals surface area (Å²) in [6.45, 7) is 1.45. The molecule has 0 saturated carbocycles. The quantitative estimate of drug-likeness (QED) is 0.700. The molecule has 0 aliphatic heterocycles. The predicted octanol–water partition coefficient (Wildman–Crippen LogP) is 4.66. The van der Waals surface area contributed by atoms with Crippen molar-refractivity contribution in [1.82, 2.24) is 4.57 Å². The lowest BCUT2D eigenvalue weighted by molar-refractivity contribution is 0.150. The van der Waals surface area contributed by atoms with Crippen LogP contribution in [0.3, 0.4) is 0 Å². The van der Waals surface area contributed by atoms with Crippen LogP contribution in [0.15, 0.2) is 65.6 Å². The molecule has 0 bridgehead atoms. The summed E-state index contributed by atoms with van der Waals surface area (Å²) >= 11 is 0. The van der Waals surface area contributed by atoms with Crippen molar-refractivity contribution in [3.63, 3.8) is 0 Å². The van der Waals surface area contributed by atoms with E-state index in [0.29, 0.717) is 5.69 Å². The van der Waals surface area contributed by atoms with E-state index in [0.717, 1.165) is 6.07 Å². The Labute approximate surface area is 149 Å². The number of alkyl halides is 2. The first kappa shape index (κ1) is 18.1. The number of hydrogen-bond acceptors (Lipinski definition) is 2. The van der Waals surface area contributed by atoms with Gasteiger partial charge in [0, 0.05) is 16.9 Å². The first-order chi connectivity index (χ1) is 12.3. The van der Waals surface area contributed by atoms with E-state index in [4.69, 9.17) is 0 Å². The molecule has 0 atom stereocenters. The minimum Gasteiger partial charge on any atom is -0.300 e. The van der Waals surface area contributed by atoms with E-state index in [-0.39, 0.29) is 22.0 Å². The zero-order valence-corrected chi connectivity index (χ0v) is 14.5. The number of nitrogens with one attached hydrogen (secondary N) is 1. The van der Waals surface area contributed by atoms with Crippen molar-refractivity contribution >= 4 is 15.8 Å². The summed E-state index contributed by atoms with van der Waals surface area (Å²) in [5.41, 5.74) is 0.221. The Balaban J connectivity index is 2.12. The van der Waals surface area contributed by atoms with Crippen molar-refractivity contribution < 1.29 is 21.6 Å². The maximum absolute atomic E-state index is 13.3. The smallest absolute Gasteiger partial charge is 0.265 e. The second kappa shape index (κ2) is 6.87. The normalized spacial score (nSPS) is 11.7. The third kappa shape index (κ3) is 3.45. The van der Waals surface area contributed by atoms with Gasteiger partial charge in [0.2, 0.25) is 0 Å². The molecule has 0 saturated heterocycles. The Bertz CT molecular complexity index is 1010. The van der Waals surface area contributed by atoms with Crippen molar-refractivity contribution in [2.75, 3.05) is 4.72 Å². The monoisotopic (exact) mass is 380 g/mol. The first-order valence-corrected chi connectivity index (χ1v) is 9.12. The molecule has 0 unspecified atom stereocenters. The zero-order valence-electron chi connectivity index (χ0n) is 13.7. The Morgan fingerprint density at radius 2 is 1.62 bits per heavy atom. The van der Waals surface area contributed by atoms with Gasteiger partial charge in [0.05, 0.1) is 4.90 Å². The molecule has 1 aromatic heterocycles.